The predicted octanol–water partition coefficient (Wildman–Crippen LogP) is -0.0770. The third kappa shape index (κ3) is 2.16. The Bertz CT molecular complexity index is 247. The van der Waals surface area contributed by atoms with E-state index in [0.717, 1.165) is 32.5 Å². The smallest absolute Gasteiger partial charge is 0.223 e. The molecule has 2 aliphatic heterocycles. The molecule has 0 aromatic carbocycles. The van der Waals surface area contributed by atoms with Gasteiger partial charge in [0.15, 0.2) is 0 Å². The lowest BCUT2D eigenvalue weighted by Gasteiger charge is -2.37. The number of β-amino-alcohol motifs (C(OH)–C–C–N with tert-alkyl or cyclic N) is 1. The highest BCUT2D eigenvalue weighted by Crippen LogP contribution is 2.40. The molecule has 2 aliphatic rings. The Labute approximate surface area is 90.9 Å². The Balaban J connectivity index is 1.97. The molecule has 1 amide bonds. The van der Waals surface area contributed by atoms with Gasteiger partial charge >= 0.3 is 0 Å². The summed E-state index contributed by atoms with van der Waals surface area (Å²) in [6.07, 6.45) is 2.94. The topological polar surface area (TPSA) is 43.8 Å². The Hall–Kier alpha value is -0.610. The molecule has 0 radical (unpaired) electrons. The molecular weight excluding hydrogens is 192 g/mol. The summed E-state index contributed by atoms with van der Waals surface area (Å²) in [4.78, 5) is 15.9. The summed E-state index contributed by atoms with van der Waals surface area (Å²) >= 11 is 0. The fourth-order valence-corrected chi connectivity index (χ4v) is 2.73. The van der Waals surface area contributed by atoms with Crippen molar-refractivity contribution in [2.75, 3.05) is 39.8 Å². The minimum atomic E-state index is 0.0850. The van der Waals surface area contributed by atoms with Gasteiger partial charge in [0.1, 0.15) is 0 Å². The molecule has 15 heavy (non-hydrogen) atoms. The second-order valence-electron chi connectivity index (χ2n) is 5.02. The van der Waals surface area contributed by atoms with Gasteiger partial charge in [-0.15, -0.1) is 0 Å². The second-order valence-corrected chi connectivity index (χ2v) is 5.02. The van der Waals surface area contributed by atoms with Crippen molar-refractivity contribution in [2.45, 2.75) is 19.3 Å². The van der Waals surface area contributed by atoms with Gasteiger partial charge in [-0.1, -0.05) is 0 Å². The molecule has 0 atom stereocenters. The van der Waals surface area contributed by atoms with E-state index in [4.69, 9.17) is 5.11 Å². The number of nitrogens with zero attached hydrogens (tertiary/aromatic N) is 2. The fraction of sp³-hybridized carbons (Fsp3) is 0.909. The molecule has 2 rings (SSSR count). The molecule has 4 heteroatoms. The van der Waals surface area contributed by atoms with Crippen LogP contribution < -0.4 is 0 Å². The minimum absolute atomic E-state index is 0.0850. The van der Waals surface area contributed by atoms with Crippen molar-refractivity contribution in [3.8, 4) is 0 Å². The van der Waals surface area contributed by atoms with E-state index in [1.807, 2.05) is 4.90 Å². The fourth-order valence-electron chi connectivity index (χ4n) is 2.73. The van der Waals surface area contributed by atoms with E-state index >= 15 is 0 Å². The minimum Gasteiger partial charge on any atom is -0.395 e. The molecule has 0 aromatic rings. The van der Waals surface area contributed by atoms with Crippen LogP contribution in [0.1, 0.15) is 19.3 Å². The number of piperidine rings is 1. The van der Waals surface area contributed by atoms with Gasteiger partial charge in [0.05, 0.1) is 6.61 Å². The molecule has 2 saturated heterocycles. The van der Waals surface area contributed by atoms with Crippen LogP contribution in [0.4, 0.5) is 0 Å². The highest BCUT2D eigenvalue weighted by atomic mass is 16.3. The number of likely N-dealkylation sites (tertiary alicyclic amines) is 2. The molecule has 2 fully saturated rings. The van der Waals surface area contributed by atoms with Crippen molar-refractivity contribution in [1.82, 2.24) is 9.80 Å². The normalized spacial score (nSPS) is 26.5. The highest BCUT2D eigenvalue weighted by molar-refractivity contribution is 5.79. The largest absolute Gasteiger partial charge is 0.395 e. The van der Waals surface area contributed by atoms with Crippen molar-refractivity contribution >= 4 is 5.91 Å². The summed E-state index contributed by atoms with van der Waals surface area (Å²) in [5.41, 5.74) is 0.221. The van der Waals surface area contributed by atoms with Crippen LogP contribution in [0.3, 0.4) is 0 Å². The van der Waals surface area contributed by atoms with Crippen molar-refractivity contribution in [1.29, 1.82) is 0 Å². The number of amides is 1. The van der Waals surface area contributed by atoms with E-state index in [-0.39, 0.29) is 17.9 Å². The van der Waals surface area contributed by atoms with Crippen molar-refractivity contribution in [2.24, 2.45) is 5.41 Å². The van der Waals surface area contributed by atoms with Gasteiger partial charge in [-0.2, -0.15) is 0 Å². The maximum absolute atomic E-state index is 11.7. The number of aliphatic hydroxyl groups is 1. The Morgan fingerprint density at radius 1 is 1.40 bits per heavy atom. The zero-order valence-corrected chi connectivity index (χ0v) is 9.41. The van der Waals surface area contributed by atoms with Crippen molar-refractivity contribution in [3.05, 3.63) is 0 Å². The average molecular weight is 212 g/mol. The number of carbonyl (C=O) groups excluding carboxylic acids is 1. The number of carbonyl (C=O) groups is 1. The average Bonchev–Trinajstić information content (AvgIpc) is 2.50. The maximum Gasteiger partial charge on any atom is 0.223 e. The van der Waals surface area contributed by atoms with E-state index in [0.29, 0.717) is 13.0 Å². The van der Waals surface area contributed by atoms with E-state index in [1.165, 1.54) is 0 Å². The van der Waals surface area contributed by atoms with Crippen LogP contribution in [0.25, 0.3) is 0 Å². The zero-order chi connectivity index (χ0) is 10.9. The van der Waals surface area contributed by atoms with Crippen LogP contribution in [0.2, 0.25) is 0 Å². The summed E-state index contributed by atoms with van der Waals surface area (Å²) < 4.78 is 0. The van der Waals surface area contributed by atoms with Gasteiger partial charge in [-0.25, -0.2) is 0 Å². The Morgan fingerprint density at radius 2 is 2.07 bits per heavy atom. The summed E-state index contributed by atoms with van der Waals surface area (Å²) in [5, 5.41) is 8.87. The first-order chi connectivity index (χ1) is 7.15. The first kappa shape index (κ1) is 10.9. The van der Waals surface area contributed by atoms with Gasteiger partial charge in [0, 0.05) is 19.5 Å². The summed E-state index contributed by atoms with van der Waals surface area (Å²) in [5.74, 6) is 0.230. The van der Waals surface area contributed by atoms with Gasteiger partial charge in [-0.05, 0) is 38.4 Å². The van der Waals surface area contributed by atoms with Crippen LogP contribution in [0.5, 0.6) is 0 Å². The summed E-state index contributed by atoms with van der Waals surface area (Å²) in [6.45, 7) is 3.65. The first-order valence-electron chi connectivity index (χ1n) is 5.72. The van der Waals surface area contributed by atoms with E-state index in [2.05, 4.69) is 11.9 Å². The van der Waals surface area contributed by atoms with E-state index in [1.54, 1.807) is 0 Å². The van der Waals surface area contributed by atoms with Crippen LogP contribution in [-0.4, -0.2) is 60.6 Å². The van der Waals surface area contributed by atoms with Gasteiger partial charge in [0.25, 0.3) is 0 Å². The highest BCUT2D eigenvalue weighted by Gasteiger charge is 2.43. The van der Waals surface area contributed by atoms with E-state index < -0.39 is 0 Å². The quantitative estimate of drug-likeness (QED) is 0.696. The van der Waals surface area contributed by atoms with Crippen LogP contribution in [-0.2, 0) is 4.79 Å². The monoisotopic (exact) mass is 212 g/mol. The molecule has 0 aliphatic carbocycles. The molecule has 0 aromatic heterocycles. The van der Waals surface area contributed by atoms with Gasteiger partial charge in [0.2, 0.25) is 5.91 Å². The second kappa shape index (κ2) is 4.10. The van der Waals surface area contributed by atoms with Crippen molar-refractivity contribution < 1.29 is 9.90 Å². The summed E-state index contributed by atoms with van der Waals surface area (Å²) in [7, 11) is 2.13. The lowest BCUT2D eigenvalue weighted by Crippen LogP contribution is -2.40. The molecular formula is C11H20N2O2. The van der Waals surface area contributed by atoms with E-state index in [9.17, 15) is 4.79 Å². The predicted molar refractivity (Wildman–Crippen MR) is 57.4 cm³/mol. The summed E-state index contributed by atoms with van der Waals surface area (Å²) in [6, 6.07) is 0. The molecule has 1 N–H and O–H groups in total. The molecule has 2 heterocycles. The Kier molecular flexibility index (Phi) is 2.98. The molecule has 1 spiro atoms. The molecule has 4 nitrogen and oxygen atoms in total. The standard InChI is InChI=1S/C11H20N2O2/c1-12-4-2-11(3-5-12)8-10(15)13(9-11)6-7-14/h14H,2-9H2,1H3. The number of hydrogen-bond donors (Lipinski definition) is 1. The van der Waals surface area contributed by atoms with Crippen LogP contribution in [0, 0.1) is 5.41 Å². The van der Waals surface area contributed by atoms with Crippen LogP contribution in [0.15, 0.2) is 0 Å². The number of rotatable bonds is 2. The lowest BCUT2D eigenvalue weighted by molar-refractivity contribution is -0.128. The molecule has 0 saturated carbocycles. The maximum atomic E-state index is 11.7. The van der Waals surface area contributed by atoms with Gasteiger partial charge < -0.3 is 14.9 Å². The molecule has 0 unspecified atom stereocenters. The first-order valence-corrected chi connectivity index (χ1v) is 5.72. The van der Waals surface area contributed by atoms with Crippen molar-refractivity contribution in [3.63, 3.8) is 0 Å². The van der Waals surface area contributed by atoms with Gasteiger partial charge in [-0.3, -0.25) is 4.79 Å². The zero-order valence-electron chi connectivity index (χ0n) is 9.41. The third-order valence-electron chi connectivity index (χ3n) is 3.82. The molecule has 86 valence electrons. The SMILES string of the molecule is CN1CCC2(CC1)CC(=O)N(CCO)C2. The Morgan fingerprint density at radius 3 is 2.67 bits per heavy atom. The number of hydrogen-bond acceptors (Lipinski definition) is 3. The molecule has 0 bridgehead atoms. The van der Waals surface area contributed by atoms with Crippen LogP contribution >= 0.6 is 0 Å². The lowest BCUT2D eigenvalue weighted by atomic mass is 9.78. The number of aliphatic hydroxyl groups excluding tert-OH is 1. The third-order valence-corrected chi connectivity index (χ3v) is 3.82.